The number of hydrogen-bond acceptors (Lipinski definition) is 4. The molecule has 0 radical (unpaired) electrons. The van der Waals surface area contributed by atoms with Gasteiger partial charge in [-0.3, -0.25) is 9.59 Å². The zero-order valence-electron chi connectivity index (χ0n) is 16.4. The summed E-state index contributed by atoms with van der Waals surface area (Å²) in [6.45, 7) is 5.41. The van der Waals surface area contributed by atoms with Crippen molar-refractivity contribution < 1.29 is 27.5 Å². The summed E-state index contributed by atoms with van der Waals surface area (Å²) in [5.74, 6) is -0.942. The minimum atomic E-state index is -4.85. The number of ether oxygens (including phenoxy) is 1. The first kappa shape index (κ1) is 21.9. The van der Waals surface area contributed by atoms with Crippen LogP contribution < -0.4 is 10.1 Å². The molecule has 0 bridgehead atoms. The number of amides is 2. The van der Waals surface area contributed by atoms with Crippen LogP contribution in [0.4, 0.5) is 19.0 Å². The van der Waals surface area contributed by atoms with Gasteiger partial charge in [0.15, 0.2) is 0 Å². The number of hydrogen-bond donors (Lipinski definition) is 1. The van der Waals surface area contributed by atoms with E-state index in [1.807, 2.05) is 0 Å². The second-order valence-electron chi connectivity index (χ2n) is 7.18. The van der Waals surface area contributed by atoms with Gasteiger partial charge in [0.2, 0.25) is 5.91 Å². The van der Waals surface area contributed by atoms with E-state index >= 15 is 0 Å². The van der Waals surface area contributed by atoms with E-state index in [-0.39, 0.29) is 29.3 Å². The van der Waals surface area contributed by atoms with Gasteiger partial charge in [-0.1, -0.05) is 31.5 Å². The third-order valence-electron chi connectivity index (χ3n) is 4.77. The molecule has 0 fully saturated rings. The normalized spacial score (nSPS) is 14.7. The zero-order valence-corrected chi connectivity index (χ0v) is 17.1. The fourth-order valence-corrected chi connectivity index (χ4v) is 3.32. The van der Waals surface area contributed by atoms with Crippen LogP contribution in [-0.4, -0.2) is 28.1 Å². The maximum absolute atomic E-state index is 12.9. The number of carbonyl (C=O) groups excluding carboxylic acids is 2. The van der Waals surface area contributed by atoms with Crippen LogP contribution in [0.3, 0.4) is 0 Å². The van der Waals surface area contributed by atoms with E-state index < -0.39 is 18.2 Å². The van der Waals surface area contributed by atoms with Crippen LogP contribution in [0, 0.1) is 5.92 Å². The van der Waals surface area contributed by atoms with E-state index in [0.717, 1.165) is 6.07 Å². The molecule has 2 amide bonds. The maximum Gasteiger partial charge on any atom is 0.573 e. The quantitative estimate of drug-likeness (QED) is 0.713. The molecular weight excluding hydrogens is 423 g/mol. The molecule has 0 saturated heterocycles. The molecule has 1 aromatic carbocycles. The predicted molar refractivity (Wildman–Crippen MR) is 104 cm³/mol. The molecule has 6 nitrogen and oxygen atoms in total. The van der Waals surface area contributed by atoms with Crippen LogP contribution in [0.25, 0.3) is 0 Å². The molecule has 1 aliphatic heterocycles. The van der Waals surface area contributed by atoms with Crippen molar-refractivity contribution >= 4 is 29.2 Å². The van der Waals surface area contributed by atoms with Gasteiger partial charge in [0, 0.05) is 23.2 Å². The number of pyridine rings is 1. The number of anilines is 1. The summed E-state index contributed by atoms with van der Waals surface area (Å²) in [6, 6.07) is 4.96. The molecule has 2 aromatic rings. The molecule has 0 saturated carbocycles. The molecule has 1 aliphatic rings. The number of aromatic nitrogens is 1. The van der Waals surface area contributed by atoms with E-state index in [2.05, 4.69) is 15.0 Å². The largest absolute Gasteiger partial charge is 0.573 e. The van der Waals surface area contributed by atoms with Gasteiger partial charge >= 0.3 is 6.36 Å². The van der Waals surface area contributed by atoms with Crippen molar-refractivity contribution in [2.45, 2.75) is 39.7 Å². The summed E-state index contributed by atoms with van der Waals surface area (Å²) >= 11 is 5.94. The Labute approximate surface area is 176 Å². The van der Waals surface area contributed by atoms with Crippen molar-refractivity contribution in [3.8, 4) is 5.75 Å². The molecule has 30 heavy (non-hydrogen) atoms. The average Bonchev–Trinajstić information content (AvgIpc) is 2.99. The summed E-state index contributed by atoms with van der Waals surface area (Å²) in [7, 11) is 0. The molecule has 2 heterocycles. The molecule has 0 aliphatic carbocycles. The Kier molecular flexibility index (Phi) is 5.94. The number of nitrogens with zero attached hydrogens (tertiary/aromatic N) is 2. The number of carbonyl (C=O) groups is 2. The van der Waals surface area contributed by atoms with Gasteiger partial charge in [-0.2, -0.15) is 0 Å². The van der Waals surface area contributed by atoms with Crippen molar-refractivity contribution in [2.24, 2.45) is 5.92 Å². The highest BCUT2D eigenvalue weighted by Gasteiger charge is 2.35. The third-order valence-corrected chi connectivity index (χ3v) is 5.07. The molecule has 3 rings (SSSR count). The summed E-state index contributed by atoms with van der Waals surface area (Å²) in [5.41, 5.74) is 1.54. The lowest BCUT2D eigenvalue weighted by molar-refractivity contribution is -0.274. The summed E-state index contributed by atoms with van der Waals surface area (Å²) in [5, 5.41) is 2.51. The highest BCUT2D eigenvalue weighted by Crippen LogP contribution is 2.37. The molecule has 1 unspecified atom stereocenters. The van der Waals surface area contributed by atoms with Crippen LogP contribution in [-0.2, 0) is 11.3 Å². The van der Waals surface area contributed by atoms with Crippen LogP contribution in [0.5, 0.6) is 5.75 Å². The Morgan fingerprint density at radius 1 is 1.27 bits per heavy atom. The molecule has 1 aromatic heterocycles. The monoisotopic (exact) mass is 441 g/mol. The lowest BCUT2D eigenvalue weighted by Crippen LogP contribution is -2.27. The van der Waals surface area contributed by atoms with Gasteiger partial charge in [0.1, 0.15) is 11.6 Å². The Morgan fingerprint density at radius 2 is 1.97 bits per heavy atom. The van der Waals surface area contributed by atoms with E-state index in [1.165, 1.54) is 23.2 Å². The standard InChI is InChI=1S/C20H19ClF3N3O3/c1-10(2)18(28)26-17-14-9-27(19(29)13(14)6-7-25-17)11(3)12-4-5-16(15(21)8-12)30-20(22,23)24/h4-8,10-11H,9H2,1-3H3,(H,25,26,28). The summed E-state index contributed by atoms with van der Waals surface area (Å²) < 4.78 is 41.2. The van der Waals surface area contributed by atoms with E-state index in [1.54, 1.807) is 26.8 Å². The smallest absolute Gasteiger partial charge is 0.404 e. The van der Waals surface area contributed by atoms with Crippen molar-refractivity contribution in [1.82, 2.24) is 9.88 Å². The van der Waals surface area contributed by atoms with Crippen LogP contribution in [0.2, 0.25) is 5.02 Å². The van der Waals surface area contributed by atoms with Gasteiger partial charge in [-0.15, -0.1) is 13.2 Å². The van der Waals surface area contributed by atoms with Gasteiger partial charge in [-0.05, 0) is 30.7 Å². The number of nitrogens with one attached hydrogen (secondary N) is 1. The zero-order chi connectivity index (χ0) is 22.2. The molecule has 10 heteroatoms. The number of alkyl halides is 3. The summed E-state index contributed by atoms with van der Waals surface area (Å²) in [4.78, 5) is 30.7. The highest BCUT2D eigenvalue weighted by atomic mass is 35.5. The summed E-state index contributed by atoms with van der Waals surface area (Å²) in [6.07, 6.45) is -3.41. The first-order chi connectivity index (χ1) is 14.0. The fraction of sp³-hybridized carbons (Fsp3) is 0.350. The van der Waals surface area contributed by atoms with Crippen LogP contribution in [0.15, 0.2) is 30.5 Å². The maximum atomic E-state index is 12.9. The molecule has 1 atom stereocenters. The highest BCUT2D eigenvalue weighted by molar-refractivity contribution is 6.32. The lowest BCUT2D eigenvalue weighted by atomic mass is 10.1. The molecule has 160 valence electrons. The van der Waals surface area contributed by atoms with Gasteiger partial charge in [0.25, 0.3) is 5.91 Å². The van der Waals surface area contributed by atoms with Gasteiger partial charge < -0.3 is 15.0 Å². The van der Waals surface area contributed by atoms with E-state index in [0.29, 0.717) is 22.5 Å². The lowest BCUT2D eigenvalue weighted by Gasteiger charge is -2.25. The minimum Gasteiger partial charge on any atom is -0.404 e. The Hall–Kier alpha value is -2.81. The van der Waals surface area contributed by atoms with Crippen molar-refractivity contribution in [3.63, 3.8) is 0 Å². The van der Waals surface area contributed by atoms with Crippen molar-refractivity contribution in [2.75, 3.05) is 5.32 Å². The SMILES string of the molecule is CC(C)C(=O)Nc1nccc2c1CN(C(C)c1ccc(OC(F)(F)F)c(Cl)c1)C2=O. The van der Waals surface area contributed by atoms with Crippen LogP contribution in [0.1, 0.15) is 48.3 Å². The average molecular weight is 442 g/mol. The third kappa shape index (κ3) is 4.51. The van der Waals surface area contributed by atoms with Gasteiger partial charge in [-0.25, -0.2) is 4.98 Å². The molecule has 1 N–H and O–H groups in total. The first-order valence-corrected chi connectivity index (χ1v) is 9.50. The predicted octanol–water partition coefficient (Wildman–Crippen LogP) is 4.95. The van der Waals surface area contributed by atoms with E-state index in [9.17, 15) is 22.8 Å². The minimum absolute atomic E-state index is 0.190. The molecule has 0 spiro atoms. The number of benzene rings is 1. The van der Waals surface area contributed by atoms with E-state index in [4.69, 9.17) is 11.6 Å². The Bertz CT molecular complexity index is 995. The van der Waals surface area contributed by atoms with Crippen LogP contribution >= 0.6 is 11.6 Å². The first-order valence-electron chi connectivity index (χ1n) is 9.13. The Balaban J connectivity index is 1.84. The second-order valence-corrected chi connectivity index (χ2v) is 7.58. The molecular formula is C20H19ClF3N3O3. The van der Waals surface area contributed by atoms with Crippen molar-refractivity contribution in [3.05, 3.63) is 52.2 Å². The second kappa shape index (κ2) is 8.14. The van der Waals surface area contributed by atoms with Gasteiger partial charge in [0.05, 0.1) is 17.6 Å². The number of fused-ring (bicyclic) bond motifs is 1. The topological polar surface area (TPSA) is 71.5 Å². The number of rotatable bonds is 5. The van der Waals surface area contributed by atoms with Crippen molar-refractivity contribution in [1.29, 1.82) is 0 Å². The fourth-order valence-electron chi connectivity index (χ4n) is 3.10. The Morgan fingerprint density at radius 3 is 2.57 bits per heavy atom. The number of halogens is 4.